The van der Waals surface area contributed by atoms with Crippen LogP contribution in [0.3, 0.4) is 0 Å². The predicted octanol–water partition coefficient (Wildman–Crippen LogP) is 5.63. The summed E-state index contributed by atoms with van der Waals surface area (Å²) >= 11 is 1.29. The molecule has 2 aromatic carbocycles. The molecule has 6 nitrogen and oxygen atoms in total. The van der Waals surface area contributed by atoms with Crippen LogP contribution in [0.5, 0.6) is 0 Å². The number of carbonyl (C=O) groups excluding carboxylic acids is 1. The van der Waals surface area contributed by atoms with E-state index in [9.17, 15) is 15.3 Å². The third-order valence-electron chi connectivity index (χ3n) is 5.64. The molecule has 172 valence electrons. The van der Waals surface area contributed by atoms with E-state index in [1.54, 1.807) is 0 Å². The van der Waals surface area contributed by atoms with Gasteiger partial charge in [0, 0.05) is 23.4 Å². The molecule has 3 aromatic rings. The summed E-state index contributed by atoms with van der Waals surface area (Å²) in [5, 5.41) is 23.1. The largest absolute Gasteiger partial charge is 0.383 e. The monoisotopic (exact) mass is 469 g/mol. The first-order chi connectivity index (χ1) is 16.4. The lowest BCUT2D eigenvalue weighted by atomic mass is 9.96. The summed E-state index contributed by atoms with van der Waals surface area (Å²) in [5.41, 5.74) is 11.9. The molecule has 3 N–H and O–H groups in total. The zero-order valence-electron chi connectivity index (χ0n) is 19.6. The number of aryl methyl sites for hydroxylation is 3. The number of amides is 1. The van der Waals surface area contributed by atoms with E-state index in [2.05, 4.69) is 36.3 Å². The topological polar surface area (TPSA) is 116 Å². The second-order valence-corrected chi connectivity index (χ2v) is 8.89. The van der Waals surface area contributed by atoms with Gasteiger partial charge in [0.15, 0.2) is 0 Å². The lowest BCUT2D eigenvalue weighted by molar-refractivity contribution is -0.115. The van der Waals surface area contributed by atoms with E-state index in [4.69, 9.17) is 5.73 Å². The van der Waals surface area contributed by atoms with Gasteiger partial charge < -0.3 is 11.1 Å². The molecular formula is C27H27N5OS. The van der Waals surface area contributed by atoms with Crippen molar-refractivity contribution in [1.29, 1.82) is 10.5 Å². The molecule has 34 heavy (non-hydrogen) atoms. The van der Waals surface area contributed by atoms with Crippen molar-refractivity contribution in [3.63, 3.8) is 0 Å². The maximum atomic E-state index is 12.6. The number of hydrogen-bond donors (Lipinski definition) is 2. The number of hydrogen-bond acceptors (Lipinski definition) is 6. The van der Waals surface area contributed by atoms with Crippen molar-refractivity contribution in [1.82, 2.24) is 4.98 Å². The molecule has 1 amide bonds. The van der Waals surface area contributed by atoms with Crippen LogP contribution in [0.15, 0.2) is 47.5 Å². The zero-order valence-corrected chi connectivity index (χ0v) is 20.4. The minimum Gasteiger partial charge on any atom is -0.383 e. The number of anilines is 2. The zero-order chi connectivity index (χ0) is 24.7. The number of para-hydroxylation sites is 1. The molecule has 0 bridgehead atoms. The lowest BCUT2D eigenvalue weighted by Crippen LogP contribution is -2.14. The Bertz CT molecular complexity index is 1290. The van der Waals surface area contributed by atoms with Crippen molar-refractivity contribution in [3.8, 4) is 23.3 Å². The Balaban J connectivity index is 1.83. The van der Waals surface area contributed by atoms with Gasteiger partial charge in [0.1, 0.15) is 28.5 Å². The average Bonchev–Trinajstić information content (AvgIpc) is 2.85. The molecule has 0 saturated carbocycles. The third kappa shape index (κ3) is 5.39. The molecule has 0 fully saturated rings. The second-order valence-electron chi connectivity index (χ2n) is 7.81. The van der Waals surface area contributed by atoms with Crippen molar-refractivity contribution in [2.24, 2.45) is 0 Å². The number of nitrogens with zero attached hydrogens (tertiary/aromatic N) is 3. The molecule has 0 spiro atoms. The van der Waals surface area contributed by atoms with Gasteiger partial charge in [0.05, 0.1) is 5.56 Å². The molecule has 3 rings (SSSR count). The fraction of sp³-hybridized carbons (Fsp3) is 0.259. The minimum atomic E-state index is -0.105. The SMILES string of the molecule is CCc1ccc(-c2c(C#N)c(N)nc(SCCC(=O)Nc3c(C)cccc3CC)c2C#N)cc1. The maximum Gasteiger partial charge on any atom is 0.225 e. The first-order valence-corrected chi connectivity index (χ1v) is 12.2. The summed E-state index contributed by atoms with van der Waals surface area (Å²) in [5.74, 6) is 0.392. The highest BCUT2D eigenvalue weighted by Gasteiger charge is 2.21. The van der Waals surface area contributed by atoms with E-state index in [0.29, 0.717) is 21.9 Å². The van der Waals surface area contributed by atoms with Gasteiger partial charge in [-0.05, 0) is 42.0 Å². The van der Waals surface area contributed by atoms with Crippen LogP contribution in [0.2, 0.25) is 0 Å². The van der Waals surface area contributed by atoms with Crippen LogP contribution in [0.25, 0.3) is 11.1 Å². The number of nitrogens with one attached hydrogen (secondary N) is 1. The first-order valence-electron chi connectivity index (χ1n) is 11.2. The molecule has 0 aliphatic heterocycles. The highest BCUT2D eigenvalue weighted by Crippen LogP contribution is 2.36. The van der Waals surface area contributed by atoms with E-state index < -0.39 is 0 Å². The molecule has 1 aromatic heterocycles. The molecular weight excluding hydrogens is 442 g/mol. The molecule has 0 aliphatic carbocycles. The van der Waals surface area contributed by atoms with Crippen molar-refractivity contribution >= 4 is 29.2 Å². The lowest BCUT2D eigenvalue weighted by Gasteiger charge is -2.14. The Morgan fingerprint density at radius 2 is 1.76 bits per heavy atom. The van der Waals surface area contributed by atoms with Crippen LogP contribution < -0.4 is 11.1 Å². The van der Waals surface area contributed by atoms with Crippen LogP contribution in [-0.4, -0.2) is 16.6 Å². The Hall–Kier alpha value is -3.81. The summed E-state index contributed by atoms with van der Waals surface area (Å²) in [6.07, 6.45) is 1.96. The number of aromatic nitrogens is 1. The van der Waals surface area contributed by atoms with Crippen LogP contribution in [0.1, 0.15) is 48.1 Å². The number of pyridine rings is 1. The molecule has 0 saturated heterocycles. The summed E-state index contributed by atoms with van der Waals surface area (Å²) < 4.78 is 0. The number of nitrogen functional groups attached to an aromatic ring is 1. The first kappa shape index (κ1) is 24.8. The van der Waals surface area contributed by atoms with Crippen LogP contribution >= 0.6 is 11.8 Å². The summed E-state index contributed by atoms with van der Waals surface area (Å²) in [7, 11) is 0. The maximum absolute atomic E-state index is 12.6. The van der Waals surface area contributed by atoms with Gasteiger partial charge in [-0.3, -0.25) is 4.79 Å². The fourth-order valence-electron chi connectivity index (χ4n) is 3.74. The summed E-state index contributed by atoms with van der Waals surface area (Å²) in [6.45, 7) is 6.09. The Morgan fingerprint density at radius 1 is 1.06 bits per heavy atom. The standard InChI is InChI=1S/C27H27N5OS/c1-4-18-9-11-20(12-10-18)24-21(15-28)26(30)32-27(22(24)16-29)34-14-13-23(33)31-25-17(3)7-6-8-19(25)5-2/h6-12H,4-5,13-14H2,1-3H3,(H2,30,32)(H,31,33). The van der Waals surface area contributed by atoms with Crippen LogP contribution in [-0.2, 0) is 17.6 Å². The molecule has 0 atom stereocenters. The normalized spacial score (nSPS) is 10.4. The predicted molar refractivity (Wildman–Crippen MR) is 137 cm³/mol. The molecule has 0 aliphatic rings. The smallest absolute Gasteiger partial charge is 0.225 e. The van der Waals surface area contributed by atoms with Gasteiger partial charge in [-0.2, -0.15) is 10.5 Å². The Morgan fingerprint density at radius 3 is 2.38 bits per heavy atom. The van der Waals surface area contributed by atoms with E-state index >= 15 is 0 Å². The second kappa shape index (κ2) is 11.4. The van der Waals surface area contributed by atoms with E-state index in [0.717, 1.165) is 40.8 Å². The average molecular weight is 470 g/mol. The van der Waals surface area contributed by atoms with Gasteiger partial charge in [0.2, 0.25) is 5.91 Å². The van der Waals surface area contributed by atoms with Crippen LogP contribution in [0, 0.1) is 29.6 Å². The van der Waals surface area contributed by atoms with Gasteiger partial charge in [-0.1, -0.05) is 56.3 Å². The van der Waals surface area contributed by atoms with Gasteiger partial charge in [0.25, 0.3) is 0 Å². The van der Waals surface area contributed by atoms with E-state index in [1.165, 1.54) is 11.8 Å². The Kier molecular flexibility index (Phi) is 8.29. The summed E-state index contributed by atoms with van der Waals surface area (Å²) in [6, 6.07) is 18.0. The number of benzene rings is 2. The number of nitriles is 2. The van der Waals surface area contributed by atoms with Crippen molar-refractivity contribution in [3.05, 3.63) is 70.3 Å². The van der Waals surface area contributed by atoms with Gasteiger partial charge in [-0.25, -0.2) is 4.98 Å². The fourth-order valence-corrected chi connectivity index (χ4v) is 4.68. The number of nitrogens with two attached hydrogens (primary N) is 1. The van der Waals surface area contributed by atoms with Crippen molar-refractivity contribution in [2.45, 2.75) is 45.1 Å². The van der Waals surface area contributed by atoms with Crippen LogP contribution in [0.4, 0.5) is 11.5 Å². The number of carbonyl (C=O) groups is 1. The van der Waals surface area contributed by atoms with Gasteiger partial charge in [-0.15, -0.1) is 11.8 Å². The van der Waals surface area contributed by atoms with Crippen molar-refractivity contribution in [2.75, 3.05) is 16.8 Å². The Labute approximate surface area is 204 Å². The highest BCUT2D eigenvalue weighted by molar-refractivity contribution is 7.99. The molecule has 0 unspecified atom stereocenters. The molecule has 1 heterocycles. The number of rotatable bonds is 8. The summed E-state index contributed by atoms with van der Waals surface area (Å²) in [4.78, 5) is 16.9. The van der Waals surface area contributed by atoms with E-state index in [-0.39, 0.29) is 23.7 Å². The van der Waals surface area contributed by atoms with E-state index in [1.807, 2.05) is 49.4 Å². The number of thioether (sulfide) groups is 1. The quantitative estimate of drug-likeness (QED) is 0.413. The highest BCUT2D eigenvalue weighted by atomic mass is 32.2. The van der Waals surface area contributed by atoms with Gasteiger partial charge >= 0.3 is 0 Å². The molecule has 7 heteroatoms. The third-order valence-corrected chi connectivity index (χ3v) is 6.62. The van der Waals surface area contributed by atoms with Crippen molar-refractivity contribution < 1.29 is 4.79 Å². The molecule has 0 radical (unpaired) electrons. The minimum absolute atomic E-state index is 0.0792.